The molecule has 1 aliphatic rings. The molecule has 3 aromatic rings. The van der Waals surface area contributed by atoms with Gasteiger partial charge in [-0.25, -0.2) is 4.98 Å². The van der Waals surface area contributed by atoms with Crippen molar-refractivity contribution in [2.45, 2.75) is 58.8 Å². The van der Waals surface area contributed by atoms with E-state index in [4.69, 9.17) is 11.6 Å². The molecule has 0 unspecified atom stereocenters. The summed E-state index contributed by atoms with van der Waals surface area (Å²) in [5.74, 6) is -0.974. The van der Waals surface area contributed by atoms with Gasteiger partial charge in [-0.15, -0.1) is 0 Å². The number of hydrogen-bond donors (Lipinski definition) is 1. The summed E-state index contributed by atoms with van der Waals surface area (Å²) in [4.78, 5) is 30.5. The maximum Gasteiger partial charge on any atom is 0.416 e. The van der Waals surface area contributed by atoms with E-state index in [9.17, 15) is 27.9 Å². The monoisotopic (exact) mass is 521 g/mol. The molecule has 0 spiro atoms. The Morgan fingerprint density at radius 3 is 2.64 bits per heavy atom. The van der Waals surface area contributed by atoms with E-state index >= 15 is 0 Å². The summed E-state index contributed by atoms with van der Waals surface area (Å²) >= 11 is 6.01. The number of nitrogens with zero attached hydrogens (tertiary/aromatic N) is 3. The van der Waals surface area contributed by atoms with Crippen LogP contribution >= 0.6 is 11.6 Å². The van der Waals surface area contributed by atoms with Gasteiger partial charge in [-0.2, -0.15) is 13.2 Å². The SMILES string of the molecule is CC(C)(CCCC(=O)N1CCc2c(n(Cc3cc(Cl)cc(C(F)(F)F)c3)c3ncccc23)C1)C(=O)O. The van der Waals surface area contributed by atoms with Crippen LogP contribution in [0.2, 0.25) is 5.02 Å². The molecule has 0 saturated carbocycles. The lowest BCUT2D eigenvalue weighted by atomic mass is 9.87. The number of alkyl halides is 3. The van der Waals surface area contributed by atoms with Crippen LogP contribution in [0.25, 0.3) is 11.0 Å². The normalized spacial score (nSPS) is 14.2. The average Bonchev–Trinajstić information content (AvgIpc) is 3.11. The lowest BCUT2D eigenvalue weighted by Gasteiger charge is -2.29. The van der Waals surface area contributed by atoms with Crippen molar-refractivity contribution < 1.29 is 27.9 Å². The van der Waals surface area contributed by atoms with Crippen LogP contribution in [0.1, 0.15) is 55.5 Å². The second kappa shape index (κ2) is 9.76. The third kappa shape index (κ3) is 5.36. The summed E-state index contributed by atoms with van der Waals surface area (Å²) in [5, 5.41) is 10.2. The number of carboxylic acid groups (broad SMARTS) is 1. The molecule has 0 saturated heterocycles. The molecule has 2 aromatic heterocycles. The van der Waals surface area contributed by atoms with Gasteiger partial charge in [0.05, 0.1) is 17.5 Å². The third-order valence-electron chi connectivity index (χ3n) is 6.76. The number of halogens is 4. The molecule has 0 aliphatic carbocycles. The quantitative estimate of drug-likeness (QED) is 0.418. The fraction of sp³-hybridized carbons (Fsp3) is 0.423. The number of benzene rings is 1. The fourth-order valence-electron chi connectivity index (χ4n) is 4.68. The van der Waals surface area contributed by atoms with Gasteiger partial charge >= 0.3 is 12.1 Å². The van der Waals surface area contributed by atoms with Crippen molar-refractivity contribution in [1.82, 2.24) is 14.5 Å². The molecule has 4 rings (SSSR count). The number of pyridine rings is 1. The first kappa shape index (κ1) is 26.0. The Hall–Kier alpha value is -3.07. The van der Waals surface area contributed by atoms with Gasteiger partial charge in [-0.1, -0.05) is 11.6 Å². The van der Waals surface area contributed by atoms with E-state index in [1.54, 1.807) is 24.9 Å². The molecule has 192 valence electrons. The largest absolute Gasteiger partial charge is 0.481 e. The van der Waals surface area contributed by atoms with Crippen molar-refractivity contribution >= 4 is 34.5 Å². The van der Waals surface area contributed by atoms with Gasteiger partial charge in [0.15, 0.2) is 0 Å². The number of rotatable bonds is 7. The third-order valence-corrected chi connectivity index (χ3v) is 6.98. The van der Waals surface area contributed by atoms with Crippen LogP contribution < -0.4 is 0 Å². The summed E-state index contributed by atoms with van der Waals surface area (Å²) in [5.41, 5.74) is 1.19. The first-order chi connectivity index (χ1) is 16.9. The van der Waals surface area contributed by atoms with Crippen molar-refractivity contribution in [2.75, 3.05) is 6.54 Å². The number of fused-ring (bicyclic) bond motifs is 3. The molecule has 0 atom stereocenters. The fourth-order valence-corrected chi connectivity index (χ4v) is 4.94. The molecule has 36 heavy (non-hydrogen) atoms. The molecule has 10 heteroatoms. The molecule has 6 nitrogen and oxygen atoms in total. The summed E-state index contributed by atoms with van der Waals surface area (Å²) in [6.45, 7) is 4.22. The van der Waals surface area contributed by atoms with Crippen LogP contribution in [0.4, 0.5) is 13.2 Å². The molecule has 3 heterocycles. The lowest BCUT2D eigenvalue weighted by molar-refractivity contribution is -0.147. The van der Waals surface area contributed by atoms with Crippen molar-refractivity contribution in [1.29, 1.82) is 0 Å². The van der Waals surface area contributed by atoms with Crippen molar-refractivity contribution in [2.24, 2.45) is 5.41 Å². The molecule has 0 fully saturated rings. The Balaban J connectivity index is 1.60. The number of carboxylic acids is 1. The van der Waals surface area contributed by atoms with Crippen LogP contribution in [0.5, 0.6) is 0 Å². The predicted octanol–water partition coefficient (Wildman–Crippen LogP) is 5.92. The topological polar surface area (TPSA) is 75.4 Å². The van der Waals surface area contributed by atoms with E-state index in [1.807, 2.05) is 16.7 Å². The Bertz CT molecular complexity index is 1320. The minimum atomic E-state index is -4.52. The van der Waals surface area contributed by atoms with Crippen LogP contribution in [0.3, 0.4) is 0 Å². The standard InChI is InChI=1S/C26H27ClF3N3O3/c1-25(2,24(35)36)8-3-6-22(34)32-10-7-19-20-5-4-9-31-23(20)33(21(19)15-32)14-16-11-17(26(28,29)30)13-18(27)12-16/h4-5,9,11-13H,3,6-8,10,14-15H2,1-2H3,(H,35,36). The summed E-state index contributed by atoms with van der Waals surface area (Å²) in [6, 6.07) is 7.24. The number of carbonyl (C=O) groups excluding carboxylic acids is 1. The maximum absolute atomic E-state index is 13.4. The molecule has 0 radical (unpaired) electrons. The molecule has 0 bridgehead atoms. The average molecular weight is 522 g/mol. The van der Waals surface area contributed by atoms with E-state index in [2.05, 4.69) is 4.98 Å². The highest BCUT2D eigenvalue weighted by molar-refractivity contribution is 6.30. The van der Waals surface area contributed by atoms with E-state index in [-0.39, 0.29) is 23.9 Å². The van der Waals surface area contributed by atoms with Crippen LogP contribution in [0, 0.1) is 5.41 Å². The van der Waals surface area contributed by atoms with E-state index < -0.39 is 23.1 Å². The molecule has 1 aliphatic heterocycles. The van der Waals surface area contributed by atoms with E-state index in [0.717, 1.165) is 28.8 Å². The highest BCUT2D eigenvalue weighted by Gasteiger charge is 2.32. The summed E-state index contributed by atoms with van der Waals surface area (Å²) in [6.07, 6.45) is -1.22. The van der Waals surface area contributed by atoms with Gasteiger partial charge in [-0.05, 0) is 74.6 Å². The molecular formula is C26H27ClF3N3O3. The van der Waals surface area contributed by atoms with E-state index in [1.165, 1.54) is 6.07 Å². The lowest BCUT2D eigenvalue weighted by Crippen LogP contribution is -2.36. The molecule has 1 N–H and O–H groups in total. The van der Waals surface area contributed by atoms with Gasteiger partial charge in [0.25, 0.3) is 0 Å². The minimum Gasteiger partial charge on any atom is -0.481 e. The first-order valence-electron chi connectivity index (χ1n) is 11.7. The highest BCUT2D eigenvalue weighted by Crippen LogP contribution is 2.34. The Labute approximate surface area is 211 Å². The number of amides is 1. The second-order valence-electron chi connectivity index (χ2n) is 9.84. The minimum absolute atomic E-state index is 0.000738. The zero-order chi connectivity index (χ0) is 26.3. The van der Waals surface area contributed by atoms with Gasteiger partial charge in [0.1, 0.15) is 5.65 Å². The van der Waals surface area contributed by atoms with Gasteiger partial charge in [0, 0.05) is 41.8 Å². The first-order valence-corrected chi connectivity index (χ1v) is 12.1. The van der Waals surface area contributed by atoms with Crippen molar-refractivity contribution in [3.63, 3.8) is 0 Å². The molecular weight excluding hydrogens is 495 g/mol. The van der Waals surface area contributed by atoms with Gasteiger partial charge in [0.2, 0.25) is 5.91 Å². The van der Waals surface area contributed by atoms with Crippen LogP contribution in [-0.2, 0) is 35.3 Å². The van der Waals surface area contributed by atoms with Crippen molar-refractivity contribution in [3.8, 4) is 0 Å². The molecule has 1 aromatic carbocycles. The number of aliphatic carboxylic acids is 1. The van der Waals surface area contributed by atoms with E-state index in [0.29, 0.717) is 43.6 Å². The Morgan fingerprint density at radius 1 is 1.19 bits per heavy atom. The predicted molar refractivity (Wildman–Crippen MR) is 130 cm³/mol. The smallest absolute Gasteiger partial charge is 0.416 e. The van der Waals surface area contributed by atoms with Crippen LogP contribution in [-0.4, -0.2) is 38.0 Å². The number of hydrogen-bond acceptors (Lipinski definition) is 3. The summed E-state index contributed by atoms with van der Waals surface area (Å²) < 4.78 is 41.9. The number of aromatic nitrogens is 2. The van der Waals surface area contributed by atoms with Gasteiger partial charge in [-0.3, -0.25) is 9.59 Å². The zero-order valence-electron chi connectivity index (χ0n) is 20.0. The van der Waals surface area contributed by atoms with Crippen LogP contribution in [0.15, 0.2) is 36.5 Å². The molecule has 1 amide bonds. The second-order valence-corrected chi connectivity index (χ2v) is 10.3. The number of carbonyl (C=O) groups is 2. The highest BCUT2D eigenvalue weighted by atomic mass is 35.5. The van der Waals surface area contributed by atoms with Gasteiger partial charge < -0.3 is 14.6 Å². The Kier molecular flexibility index (Phi) is 7.05. The maximum atomic E-state index is 13.4. The van der Waals surface area contributed by atoms with Crippen molar-refractivity contribution in [3.05, 3.63) is 63.9 Å². The Morgan fingerprint density at radius 2 is 1.94 bits per heavy atom. The summed E-state index contributed by atoms with van der Waals surface area (Å²) in [7, 11) is 0. The zero-order valence-corrected chi connectivity index (χ0v) is 20.8.